The minimum absolute atomic E-state index is 0.202. The topological polar surface area (TPSA) is 114 Å². The van der Waals surface area contributed by atoms with Crippen LogP contribution < -0.4 is 16.4 Å². The quantitative estimate of drug-likeness (QED) is 0.309. The molecule has 0 aliphatic rings. The zero-order chi connectivity index (χ0) is 23.9. The van der Waals surface area contributed by atoms with Gasteiger partial charge in [-0.05, 0) is 48.0 Å². The minimum atomic E-state index is -0.627. The van der Waals surface area contributed by atoms with Gasteiger partial charge in [-0.1, -0.05) is 48.5 Å². The number of carbonyl (C=O) groups is 3. The summed E-state index contributed by atoms with van der Waals surface area (Å²) >= 11 is 1.32. The van der Waals surface area contributed by atoms with Crippen LogP contribution in [0.2, 0.25) is 0 Å². The van der Waals surface area contributed by atoms with E-state index in [0.29, 0.717) is 11.4 Å². The minimum Gasteiger partial charge on any atom is -0.459 e. The van der Waals surface area contributed by atoms with E-state index in [2.05, 4.69) is 10.6 Å². The number of anilines is 2. The maximum atomic E-state index is 13.3. The molecule has 0 aliphatic heterocycles. The van der Waals surface area contributed by atoms with Crippen molar-refractivity contribution in [2.24, 2.45) is 5.73 Å². The van der Waals surface area contributed by atoms with Crippen LogP contribution in [-0.4, -0.2) is 17.7 Å². The van der Waals surface area contributed by atoms with Crippen molar-refractivity contribution in [2.45, 2.75) is 10.1 Å². The van der Waals surface area contributed by atoms with Gasteiger partial charge in [-0.3, -0.25) is 14.4 Å². The third-order valence-corrected chi connectivity index (χ3v) is 6.13. The molecule has 0 bridgehead atoms. The SMILES string of the molecule is NC(=O)c1ccccc1NC(=O)C(Sc1cccc(NC(=O)c2ccco2)c1)c1ccccc1. The molecule has 4 N–H and O–H groups in total. The number of nitrogens with two attached hydrogens (primary N) is 1. The molecule has 0 saturated heterocycles. The summed E-state index contributed by atoms with van der Waals surface area (Å²) in [6, 6.07) is 26.3. The van der Waals surface area contributed by atoms with E-state index < -0.39 is 11.2 Å². The Labute approximate surface area is 200 Å². The van der Waals surface area contributed by atoms with E-state index in [9.17, 15) is 14.4 Å². The molecular formula is C26H21N3O4S. The number of thioether (sulfide) groups is 1. The first-order chi connectivity index (χ1) is 16.5. The van der Waals surface area contributed by atoms with Crippen LogP contribution in [0, 0.1) is 0 Å². The Kier molecular flexibility index (Phi) is 7.10. The second-order valence-corrected chi connectivity index (χ2v) is 8.45. The maximum Gasteiger partial charge on any atom is 0.291 e. The Balaban J connectivity index is 1.57. The molecule has 1 atom stereocenters. The zero-order valence-electron chi connectivity index (χ0n) is 17.9. The summed E-state index contributed by atoms with van der Waals surface area (Å²) < 4.78 is 5.13. The van der Waals surface area contributed by atoms with Gasteiger partial charge in [0.25, 0.3) is 11.8 Å². The molecule has 1 aromatic heterocycles. The lowest BCUT2D eigenvalue weighted by molar-refractivity contribution is -0.115. The molecule has 1 unspecified atom stereocenters. The first-order valence-corrected chi connectivity index (χ1v) is 11.3. The second-order valence-electron chi connectivity index (χ2n) is 7.27. The molecule has 34 heavy (non-hydrogen) atoms. The van der Waals surface area contributed by atoms with Crippen molar-refractivity contribution >= 4 is 40.9 Å². The Bertz CT molecular complexity index is 1310. The fraction of sp³-hybridized carbons (Fsp3) is 0.0385. The molecule has 0 spiro atoms. The Morgan fingerprint density at radius 1 is 0.824 bits per heavy atom. The van der Waals surface area contributed by atoms with E-state index in [1.807, 2.05) is 36.4 Å². The van der Waals surface area contributed by atoms with Crippen LogP contribution >= 0.6 is 11.8 Å². The van der Waals surface area contributed by atoms with E-state index in [4.69, 9.17) is 10.2 Å². The standard InChI is InChI=1S/C26H21N3O4S/c27-24(30)20-12-4-5-13-21(20)29-26(32)23(17-8-2-1-3-9-17)34-19-11-6-10-18(16-19)28-25(31)22-14-7-15-33-22/h1-16,23H,(H2,27,30)(H,28,31)(H,29,32). The molecule has 4 rings (SSSR count). The number of benzene rings is 3. The number of hydrogen-bond acceptors (Lipinski definition) is 5. The molecule has 0 aliphatic carbocycles. The van der Waals surface area contributed by atoms with Gasteiger partial charge >= 0.3 is 0 Å². The van der Waals surface area contributed by atoms with Gasteiger partial charge in [0.2, 0.25) is 5.91 Å². The second kappa shape index (κ2) is 10.5. The zero-order valence-corrected chi connectivity index (χ0v) is 18.8. The van der Waals surface area contributed by atoms with Gasteiger partial charge in [0.05, 0.1) is 17.5 Å². The van der Waals surface area contributed by atoms with Crippen molar-refractivity contribution in [1.82, 2.24) is 0 Å². The molecule has 3 amide bonds. The predicted octanol–water partition coefficient (Wildman–Crippen LogP) is 5.10. The van der Waals surface area contributed by atoms with Crippen LogP contribution in [0.1, 0.15) is 31.7 Å². The molecule has 8 heteroatoms. The molecule has 0 radical (unpaired) electrons. The molecule has 7 nitrogen and oxygen atoms in total. The Hall–Kier alpha value is -4.30. The Morgan fingerprint density at radius 2 is 1.59 bits per heavy atom. The molecule has 0 saturated carbocycles. The lowest BCUT2D eigenvalue weighted by Gasteiger charge is -2.18. The number of primary amides is 1. The van der Waals surface area contributed by atoms with Gasteiger partial charge in [0.1, 0.15) is 5.25 Å². The van der Waals surface area contributed by atoms with Gasteiger partial charge in [0.15, 0.2) is 5.76 Å². The van der Waals surface area contributed by atoms with Crippen molar-refractivity contribution < 1.29 is 18.8 Å². The van der Waals surface area contributed by atoms with E-state index in [1.165, 1.54) is 18.0 Å². The monoisotopic (exact) mass is 471 g/mol. The number of furan rings is 1. The number of nitrogens with one attached hydrogen (secondary N) is 2. The first-order valence-electron chi connectivity index (χ1n) is 10.4. The van der Waals surface area contributed by atoms with E-state index in [-0.39, 0.29) is 23.1 Å². The summed E-state index contributed by atoms with van der Waals surface area (Å²) in [6.07, 6.45) is 1.43. The molecule has 170 valence electrons. The third kappa shape index (κ3) is 5.54. The number of carbonyl (C=O) groups excluding carboxylic acids is 3. The number of amides is 3. The predicted molar refractivity (Wildman–Crippen MR) is 132 cm³/mol. The number of para-hydroxylation sites is 1. The summed E-state index contributed by atoms with van der Waals surface area (Å²) in [5.41, 5.74) is 7.39. The van der Waals surface area contributed by atoms with Crippen LogP contribution in [0.3, 0.4) is 0 Å². The summed E-state index contributed by atoms with van der Waals surface area (Å²) in [5, 5.41) is 5.00. The lowest BCUT2D eigenvalue weighted by atomic mass is 10.1. The van der Waals surface area contributed by atoms with Crippen molar-refractivity contribution in [3.63, 3.8) is 0 Å². The van der Waals surface area contributed by atoms with Crippen molar-refractivity contribution in [2.75, 3.05) is 10.6 Å². The van der Waals surface area contributed by atoms with Gasteiger partial charge in [-0.2, -0.15) is 0 Å². The smallest absolute Gasteiger partial charge is 0.291 e. The summed E-state index contributed by atoms with van der Waals surface area (Å²) in [7, 11) is 0. The first kappa shape index (κ1) is 22.9. The van der Waals surface area contributed by atoms with Gasteiger partial charge in [0, 0.05) is 10.6 Å². The fourth-order valence-electron chi connectivity index (χ4n) is 3.29. The molecule has 0 fully saturated rings. The highest BCUT2D eigenvalue weighted by atomic mass is 32.2. The highest BCUT2D eigenvalue weighted by Crippen LogP contribution is 2.37. The van der Waals surface area contributed by atoms with E-state index in [1.54, 1.807) is 54.6 Å². The Morgan fingerprint density at radius 3 is 2.32 bits per heavy atom. The third-order valence-electron chi connectivity index (χ3n) is 4.88. The van der Waals surface area contributed by atoms with Gasteiger partial charge in [-0.25, -0.2) is 0 Å². The van der Waals surface area contributed by atoms with Gasteiger partial charge in [-0.15, -0.1) is 11.8 Å². The van der Waals surface area contributed by atoms with E-state index >= 15 is 0 Å². The van der Waals surface area contributed by atoms with Crippen molar-refractivity contribution in [3.05, 3.63) is 114 Å². The largest absolute Gasteiger partial charge is 0.459 e. The fourth-order valence-corrected chi connectivity index (χ4v) is 4.37. The van der Waals surface area contributed by atoms with Gasteiger partial charge < -0.3 is 20.8 Å². The van der Waals surface area contributed by atoms with Crippen LogP contribution in [0.4, 0.5) is 11.4 Å². The number of rotatable bonds is 8. The van der Waals surface area contributed by atoms with Crippen molar-refractivity contribution in [1.29, 1.82) is 0 Å². The molecule has 1 heterocycles. The summed E-state index contributed by atoms with van der Waals surface area (Å²) in [6.45, 7) is 0. The van der Waals surface area contributed by atoms with Crippen molar-refractivity contribution in [3.8, 4) is 0 Å². The van der Waals surface area contributed by atoms with Crippen LogP contribution in [0.25, 0.3) is 0 Å². The average molecular weight is 472 g/mol. The normalized spacial score (nSPS) is 11.4. The average Bonchev–Trinajstić information content (AvgIpc) is 3.39. The highest BCUT2D eigenvalue weighted by Gasteiger charge is 2.24. The van der Waals surface area contributed by atoms with Crippen LogP contribution in [-0.2, 0) is 4.79 Å². The van der Waals surface area contributed by atoms with Crippen LogP contribution in [0.5, 0.6) is 0 Å². The summed E-state index contributed by atoms with van der Waals surface area (Å²) in [5.74, 6) is -1.10. The van der Waals surface area contributed by atoms with E-state index in [0.717, 1.165) is 10.5 Å². The molecule has 3 aromatic carbocycles. The summed E-state index contributed by atoms with van der Waals surface area (Å²) in [4.78, 5) is 38.2. The number of hydrogen-bond donors (Lipinski definition) is 3. The molecular weight excluding hydrogens is 450 g/mol. The maximum absolute atomic E-state index is 13.3. The van der Waals surface area contributed by atoms with Crippen LogP contribution in [0.15, 0.2) is 107 Å². The molecule has 4 aromatic rings. The highest BCUT2D eigenvalue weighted by molar-refractivity contribution is 8.00. The lowest BCUT2D eigenvalue weighted by Crippen LogP contribution is -2.22.